The Morgan fingerprint density at radius 2 is 1.83 bits per heavy atom. The lowest BCUT2D eigenvalue weighted by Crippen LogP contribution is -2.16. The third-order valence-electron chi connectivity index (χ3n) is 0.997. The molecule has 1 rings (SSSR count). The molecule has 66 valence electrons. The molecule has 0 atom stereocenters. The second-order valence-corrected chi connectivity index (χ2v) is 2.67. The Bertz CT molecular complexity index is 217. The molecule has 0 unspecified atom stereocenters. The molecule has 0 aliphatic rings. The minimum atomic E-state index is -1.08. The van der Waals surface area contributed by atoms with Gasteiger partial charge >= 0.3 is 0 Å². The maximum atomic E-state index is 8.89. The molecule has 0 aliphatic heterocycles. The number of rotatable bonds is 1. The third-order valence-corrected chi connectivity index (χ3v) is 1.64. The van der Waals surface area contributed by atoms with Gasteiger partial charge in [-0.1, -0.05) is 46.3 Å². The first kappa shape index (κ1) is 11.2. The van der Waals surface area contributed by atoms with E-state index < -0.39 is 5.97 Å². The van der Waals surface area contributed by atoms with Crippen LogP contribution in [0.3, 0.4) is 0 Å². The summed E-state index contributed by atoms with van der Waals surface area (Å²) in [6.45, 7) is 0.972. The van der Waals surface area contributed by atoms with E-state index in [2.05, 4.69) is 28.1 Å². The predicted octanol–water partition coefficient (Wildman–Crippen LogP) is 1.34. The van der Waals surface area contributed by atoms with Gasteiger partial charge in [-0.3, -0.25) is 0 Å². The van der Waals surface area contributed by atoms with Crippen LogP contribution in [-0.2, 0) is 10.1 Å². The number of hydrogen-bond donors (Lipinski definition) is 0. The molecule has 3 heteroatoms. The average molecular weight is 230 g/mol. The molecule has 12 heavy (non-hydrogen) atoms. The number of carboxylic acid groups (broad SMARTS) is 1. The van der Waals surface area contributed by atoms with Crippen LogP contribution < -0.4 is 5.11 Å². The normalized spacial score (nSPS) is 8.17. The van der Waals surface area contributed by atoms with Crippen molar-refractivity contribution in [3.8, 4) is 0 Å². The molecule has 2 nitrogen and oxygen atoms in total. The van der Waals surface area contributed by atoms with E-state index in [0.717, 1.165) is 12.3 Å². The van der Waals surface area contributed by atoms with Gasteiger partial charge in [0.15, 0.2) is 0 Å². The molecule has 0 N–H and O–H groups in total. The zero-order valence-corrected chi connectivity index (χ0v) is 8.37. The highest BCUT2D eigenvalue weighted by Gasteiger charge is 1.81. The van der Waals surface area contributed by atoms with E-state index in [-0.39, 0.29) is 0 Å². The van der Waals surface area contributed by atoms with Crippen molar-refractivity contribution in [3.05, 3.63) is 35.9 Å². The van der Waals surface area contributed by atoms with E-state index in [9.17, 15) is 0 Å². The van der Waals surface area contributed by atoms with Crippen molar-refractivity contribution in [1.29, 1.82) is 0 Å². The quantitative estimate of drug-likeness (QED) is 0.683. The topological polar surface area (TPSA) is 40.1 Å². The highest BCUT2D eigenvalue weighted by atomic mass is 79.9. The fourth-order valence-corrected chi connectivity index (χ4v) is 0.941. The molecule has 0 aliphatic carbocycles. The number of halogens is 1. The second kappa shape index (κ2) is 6.85. The molecule has 0 amide bonds. The van der Waals surface area contributed by atoms with Crippen molar-refractivity contribution in [2.75, 3.05) is 0 Å². The summed E-state index contributed by atoms with van der Waals surface area (Å²) in [5, 5.41) is 9.84. The molecule has 0 radical (unpaired) electrons. The molecule has 0 heterocycles. The van der Waals surface area contributed by atoms with Gasteiger partial charge in [-0.2, -0.15) is 0 Å². The van der Waals surface area contributed by atoms with E-state index in [1.54, 1.807) is 0 Å². The molecule has 1 aromatic rings. The Morgan fingerprint density at radius 1 is 1.42 bits per heavy atom. The standard InChI is InChI=1S/C7H7Br.C2H4O2/c8-6-7-4-2-1-3-5-7;1-2(3)4/h1-5H,6H2;1H3,(H,3,4)/p-1. The first-order chi connectivity index (χ1) is 5.66. The number of aliphatic carboxylic acids is 1. The van der Waals surface area contributed by atoms with Crippen LogP contribution in [0.1, 0.15) is 12.5 Å². The lowest BCUT2D eigenvalue weighted by Gasteiger charge is -1.88. The zero-order chi connectivity index (χ0) is 9.40. The number of carboxylic acids is 1. The molecular weight excluding hydrogens is 220 g/mol. The SMILES string of the molecule is BrCc1ccccc1.CC(=O)[O-]. The fraction of sp³-hybridized carbons (Fsp3) is 0.222. The summed E-state index contributed by atoms with van der Waals surface area (Å²) < 4.78 is 0. The van der Waals surface area contributed by atoms with Gasteiger partial charge in [-0.05, 0) is 12.5 Å². The maximum Gasteiger partial charge on any atom is 0.0383 e. The van der Waals surface area contributed by atoms with Gasteiger partial charge in [-0.25, -0.2) is 0 Å². The number of carbonyl (C=O) groups excluding carboxylic acids is 1. The van der Waals surface area contributed by atoms with Crippen LogP contribution in [0.25, 0.3) is 0 Å². The van der Waals surface area contributed by atoms with Gasteiger partial charge in [0.2, 0.25) is 0 Å². The number of benzene rings is 1. The maximum absolute atomic E-state index is 8.89. The first-order valence-electron chi connectivity index (χ1n) is 3.44. The Hall–Kier alpha value is -0.830. The van der Waals surface area contributed by atoms with Crippen molar-refractivity contribution in [2.45, 2.75) is 12.3 Å². The molecule has 0 saturated carbocycles. The molecular formula is C9H10BrO2-. The van der Waals surface area contributed by atoms with Crippen molar-refractivity contribution in [1.82, 2.24) is 0 Å². The predicted molar refractivity (Wildman–Crippen MR) is 49.8 cm³/mol. The average Bonchev–Trinajstić information content (AvgIpc) is 2.05. The molecule has 0 aromatic heterocycles. The minimum Gasteiger partial charge on any atom is -0.550 e. The summed E-state index contributed by atoms with van der Waals surface area (Å²) in [5.41, 5.74) is 1.33. The number of hydrogen-bond acceptors (Lipinski definition) is 2. The number of carbonyl (C=O) groups is 1. The van der Waals surface area contributed by atoms with Crippen molar-refractivity contribution in [3.63, 3.8) is 0 Å². The Kier molecular flexibility index (Phi) is 6.38. The van der Waals surface area contributed by atoms with Crippen LogP contribution >= 0.6 is 15.9 Å². The summed E-state index contributed by atoms with van der Waals surface area (Å²) in [7, 11) is 0. The van der Waals surface area contributed by atoms with E-state index >= 15 is 0 Å². The molecule has 0 bridgehead atoms. The van der Waals surface area contributed by atoms with Crippen LogP contribution in [0.2, 0.25) is 0 Å². The smallest absolute Gasteiger partial charge is 0.0383 e. The van der Waals surface area contributed by atoms with E-state index in [4.69, 9.17) is 9.90 Å². The van der Waals surface area contributed by atoms with Crippen molar-refractivity contribution >= 4 is 21.9 Å². The van der Waals surface area contributed by atoms with Crippen molar-refractivity contribution < 1.29 is 9.90 Å². The minimum absolute atomic E-state index is 0.952. The van der Waals surface area contributed by atoms with E-state index in [1.165, 1.54) is 5.56 Å². The van der Waals surface area contributed by atoms with E-state index in [1.807, 2.05) is 18.2 Å². The first-order valence-corrected chi connectivity index (χ1v) is 4.56. The monoisotopic (exact) mass is 229 g/mol. The molecule has 1 aromatic carbocycles. The third kappa shape index (κ3) is 7.28. The molecule has 0 spiro atoms. The fourth-order valence-electron chi connectivity index (χ4n) is 0.567. The van der Waals surface area contributed by atoms with Gasteiger partial charge in [0.05, 0.1) is 0 Å². The highest BCUT2D eigenvalue weighted by Crippen LogP contribution is 2.02. The van der Waals surface area contributed by atoms with Crippen LogP contribution in [0, 0.1) is 0 Å². The lowest BCUT2D eigenvalue weighted by atomic mass is 10.2. The van der Waals surface area contributed by atoms with Gasteiger partial charge in [0, 0.05) is 11.3 Å². The Morgan fingerprint density at radius 3 is 2.08 bits per heavy atom. The number of alkyl halides is 1. The second-order valence-electron chi connectivity index (χ2n) is 2.11. The Balaban J connectivity index is 0.000000261. The largest absolute Gasteiger partial charge is 0.550 e. The summed E-state index contributed by atoms with van der Waals surface area (Å²) in [5.74, 6) is -1.08. The zero-order valence-electron chi connectivity index (χ0n) is 6.79. The van der Waals surface area contributed by atoms with Crippen LogP contribution in [-0.4, -0.2) is 5.97 Å². The summed E-state index contributed by atoms with van der Waals surface area (Å²) in [6.07, 6.45) is 0. The van der Waals surface area contributed by atoms with Crippen LogP contribution in [0.4, 0.5) is 0 Å². The van der Waals surface area contributed by atoms with Crippen LogP contribution in [0.15, 0.2) is 30.3 Å². The van der Waals surface area contributed by atoms with E-state index in [0.29, 0.717) is 0 Å². The summed E-state index contributed by atoms with van der Waals surface area (Å²) in [4.78, 5) is 8.89. The molecule has 0 saturated heterocycles. The van der Waals surface area contributed by atoms with Gasteiger partial charge in [-0.15, -0.1) is 0 Å². The van der Waals surface area contributed by atoms with Crippen LogP contribution in [0.5, 0.6) is 0 Å². The summed E-state index contributed by atoms with van der Waals surface area (Å²) >= 11 is 3.36. The van der Waals surface area contributed by atoms with Gasteiger partial charge in [0.1, 0.15) is 0 Å². The Labute approximate surface area is 80.4 Å². The van der Waals surface area contributed by atoms with Crippen molar-refractivity contribution in [2.24, 2.45) is 0 Å². The summed E-state index contributed by atoms with van der Waals surface area (Å²) in [6, 6.07) is 10.3. The lowest BCUT2D eigenvalue weighted by molar-refractivity contribution is -0.302. The highest BCUT2D eigenvalue weighted by molar-refractivity contribution is 9.08. The van der Waals surface area contributed by atoms with Gasteiger partial charge < -0.3 is 9.90 Å². The van der Waals surface area contributed by atoms with Gasteiger partial charge in [0.25, 0.3) is 0 Å². The molecule has 0 fully saturated rings.